The molecule has 0 amide bonds. The summed E-state index contributed by atoms with van der Waals surface area (Å²) in [7, 11) is 1.97. The molecular formula is C12H21N3. The SMILES string of the molecule is Cn1ccc(CC2(CN)CCCCC2)n1. The molecular weight excluding hydrogens is 186 g/mol. The van der Waals surface area contributed by atoms with E-state index in [2.05, 4.69) is 11.2 Å². The zero-order valence-electron chi connectivity index (χ0n) is 9.58. The van der Waals surface area contributed by atoms with E-state index >= 15 is 0 Å². The average molecular weight is 207 g/mol. The van der Waals surface area contributed by atoms with Gasteiger partial charge in [0.1, 0.15) is 0 Å². The molecule has 0 radical (unpaired) electrons. The largest absolute Gasteiger partial charge is 0.330 e. The van der Waals surface area contributed by atoms with Gasteiger partial charge in [-0.25, -0.2) is 0 Å². The van der Waals surface area contributed by atoms with E-state index in [-0.39, 0.29) is 0 Å². The quantitative estimate of drug-likeness (QED) is 0.822. The van der Waals surface area contributed by atoms with Gasteiger partial charge in [0, 0.05) is 13.2 Å². The lowest BCUT2D eigenvalue weighted by atomic mass is 9.71. The Morgan fingerprint density at radius 3 is 2.67 bits per heavy atom. The van der Waals surface area contributed by atoms with E-state index in [9.17, 15) is 0 Å². The van der Waals surface area contributed by atoms with Crippen LogP contribution in [0.3, 0.4) is 0 Å². The minimum Gasteiger partial charge on any atom is -0.330 e. The first-order chi connectivity index (χ1) is 7.24. The molecule has 2 N–H and O–H groups in total. The maximum atomic E-state index is 5.96. The molecule has 0 atom stereocenters. The van der Waals surface area contributed by atoms with Gasteiger partial charge >= 0.3 is 0 Å². The molecule has 1 aromatic heterocycles. The summed E-state index contributed by atoms with van der Waals surface area (Å²) < 4.78 is 1.88. The van der Waals surface area contributed by atoms with E-state index in [1.54, 1.807) is 0 Å². The van der Waals surface area contributed by atoms with Crippen LogP contribution >= 0.6 is 0 Å². The molecule has 84 valence electrons. The number of aryl methyl sites for hydroxylation is 1. The van der Waals surface area contributed by atoms with E-state index in [1.165, 1.54) is 37.8 Å². The maximum absolute atomic E-state index is 5.96. The first-order valence-electron chi connectivity index (χ1n) is 5.93. The van der Waals surface area contributed by atoms with Gasteiger partial charge in [0.2, 0.25) is 0 Å². The highest BCUT2D eigenvalue weighted by Gasteiger charge is 2.31. The minimum absolute atomic E-state index is 0.340. The van der Waals surface area contributed by atoms with Crippen LogP contribution in [0.2, 0.25) is 0 Å². The van der Waals surface area contributed by atoms with Crippen LogP contribution in [0.25, 0.3) is 0 Å². The summed E-state index contributed by atoms with van der Waals surface area (Å²) in [5.41, 5.74) is 7.50. The highest BCUT2D eigenvalue weighted by Crippen LogP contribution is 2.37. The van der Waals surface area contributed by atoms with Crippen molar-refractivity contribution >= 4 is 0 Å². The molecule has 1 aliphatic carbocycles. The first-order valence-corrected chi connectivity index (χ1v) is 5.93. The molecule has 0 bridgehead atoms. The van der Waals surface area contributed by atoms with Crippen molar-refractivity contribution in [3.8, 4) is 0 Å². The standard InChI is InChI=1S/C12H21N3/c1-15-8-5-11(14-15)9-12(10-13)6-3-2-4-7-12/h5,8H,2-4,6-7,9-10,13H2,1H3. The van der Waals surface area contributed by atoms with E-state index in [0.29, 0.717) is 5.41 Å². The van der Waals surface area contributed by atoms with Crippen molar-refractivity contribution in [3.05, 3.63) is 18.0 Å². The Labute approximate surface area is 91.7 Å². The lowest BCUT2D eigenvalue weighted by Crippen LogP contribution is -2.35. The van der Waals surface area contributed by atoms with Gasteiger partial charge in [-0.1, -0.05) is 19.3 Å². The summed E-state index contributed by atoms with van der Waals surface area (Å²) in [6, 6.07) is 2.12. The summed E-state index contributed by atoms with van der Waals surface area (Å²) in [6.07, 6.45) is 9.69. The number of aromatic nitrogens is 2. The fraction of sp³-hybridized carbons (Fsp3) is 0.750. The molecule has 3 nitrogen and oxygen atoms in total. The number of hydrogen-bond donors (Lipinski definition) is 1. The van der Waals surface area contributed by atoms with Crippen LogP contribution in [0.15, 0.2) is 12.3 Å². The minimum atomic E-state index is 0.340. The predicted octanol–water partition coefficient (Wildman–Crippen LogP) is 1.87. The van der Waals surface area contributed by atoms with Crippen molar-refractivity contribution in [2.24, 2.45) is 18.2 Å². The highest BCUT2D eigenvalue weighted by atomic mass is 15.2. The highest BCUT2D eigenvalue weighted by molar-refractivity contribution is 5.04. The van der Waals surface area contributed by atoms with Gasteiger partial charge in [0.15, 0.2) is 0 Å². The molecule has 1 fully saturated rings. The second kappa shape index (κ2) is 4.35. The third-order valence-electron chi connectivity index (χ3n) is 3.67. The normalized spacial score (nSPS) is 20.4. The van der Waals surface area contributed by atoms with Gasteiger partial charge in [-0.05, 0) is 37.3 Å². The Balaban J connectivity index is 2.06. The smallest absolute Gasteiger partial charge is 0.0630 e. The van der Waals surface area contributed by atoms with Crippen LogP contribution in [0.4, 0.5) is 0 Å². The summed E-state index contributed by atoms with van der Waals surface area (Å²) in [6.45, 7) is 0.809. The van der Waals surface area contributed by atoms with Gasteiger partial charge in [-0.2, -0.15) is 5.10 Å². The molecule has 0 aromatic carbocycles. The van der Waals surface area contributed by atoms with Crippen LogP contribution in [-0.2, 0) is 13.5 Å². The second-order valence-corrected chi connectivity index (χ2v) is 4.92. The van der Waals surface area contributed by atoms with Crippen LogP contribution < -0.4 is 5.73 Å². The summed E-state index contributed by atoms with van der Waals surface area (Å²) in [5, 5.41) is 4.46. The third kappa shape index (κ3) is 2.40. The van der Waals surface area contributed by atoms with Crippen molar-refractivity contribution in [1.29, 1.82) is 0 Å². The molecule has 15 heavy (non-hydrogen) atoms. The molecule has 1 aromatic rings. The lowest BCUT2D eigenvalue weighted by molar-refractivity contribution is 0.195. The van der Waals surface area contributed by atoms with Gasteiger partial charge in [0.25, 0.3) is 0 Å². The zero-order valence-corrected chi connectivity index (χ0v) is 9.58. The predicted molar refractivity (Wildman–Crippen MR) is 61.5 cm³/mol. The zero-order chi connectivity index (χ0) is 10.7. The molecule has 0 aliphatic heterocycles. The van der Waals surface area contributed by atoms with Crippen molar-refractivity contribution in [2.45, 2.75) is 38.5 Å². The van der Waals surface area contributed by atoms with Gasteiger partial charge < -0.3 is 5.73 Å². The Morgan fingerprint density at radius 1 is 1.40 bits per heavy atom. The Bertz CT molecular complexity index is 310. The van der Waals surface area contributed by atoms with Crippen LogP contribution in [0, 0.1) is 5.41 Å². The van der Waals surface area contributed by atoms with E-state index in [1.807, 2.05) is 17.9 Å². The molecule has 1 heterocycles. The number of nitrogens with zero attached hydrogens (tertiary/aromatic N) is 2. The van der Waals surface area contributed by atoms with Crippen molar-refractivity contribution in [2.75, 3.05) is 6.54 Å². The van der Waals surface area contributed by atoms with Gasteiger partial charge in [-0.15, -0.1) is 0 Å². The van der Waals surface area contributed by atoms with E-state index < -0.39 is 0 Å². The number of rotatable bonds is 3. The second-order valence-electron chi connectivity index (χ2n) is 4.92. The van der Waals surface area contributed by atoms with Crippen molar-refractivity contribution in [1.82, 2.24) is 9.78 Å². The Morgan fingerprint density at radius 2 is 2.13 bits per heavy atom. The van der Waals surface area contributed by atoms with Gasteiger partial charge in [-0.3, -0.25) is 4.68 Å². The molecule has 0 spiro atoms. The maximum Gasteiger partial charge on any atom is 0.0630 e. The summed E-state index contributed by atoms with van der Waals surface area (Å²) in [4.78, 5) is 0. The molecule has 2 rings (SSSR count). The molecule has 3 heteroatoms. The first kappa shape index (κ1) is 10.7. The number of hydrogen-bond acceptors (Lipinski definition) is 2. The monoisotopic (exact) mass is 207 g/mol. The molecule has 1 saturated carbocycles. The average Bonchev–Trinajstić information content (AvgIpc) is 2.65. The van der Waals surface area contributed by atoms with Crippen molar-refractivity contribution in [3.63, 3.8) is 0 Å². The molecule has 0 unspecified atom stereocenters. The Hall–Kier alpha value is -0.830. The molecule has 0 saturated heterocycles. The third-order valence-corrected chi connectivity index (χ3v) is 3.67. The van der Waals surface area contributed by atoms with Gasteiger partial charge in [0.05, 0.1) is 5.69 Å². The summed E-state index contributed by atoms with van der Waals surface area (Å²) >= 11 is 0. The fourth-order valence-electron chi connectivity index (χ4n) is 2.70. The van der Waals surface area contributed by atoms with Crippen molar-refractivity contribution < 1.29 is 0 Å². The van der Waals surface area contributed by atoms with Crippen LogP contribution in [0.1, 0.15) is 37.8 Å². The number of nitrogens with two attached hydrogens (primary N) is 1. The van der Waals surface area contributed by atoms with Crippen LogP contribution in [-0.4, -0.2) is 16.3 Å². The lowest BCUT2D eigenvalue weighted by Gasteiger charge is -2.35. The van der Waals surface area contributed by atoms with E-state index in [4.69, 9.17) is 5.73 Å². The van der Waals surface area contributed by atoms with Crippen LogP contribution in [0.5, 0.6) is 0 Å². The topological polar surface area (TPSA) is 43.8 Å². The molecule has 1 aliphatic rings. The Kier molecular flexibility index (Phi) is 3.10. The fourth-order valence-corrected chi connectivity index (χ4v) is 2.70. The summed E-state index contributed by atoms with van der Waals surface area (Å²) in [5.74, 6) is 0. The van der Waals surface area contributed by atoms with E-state index in [0.717, 1.165) is 13.0 Å².